The molecule has 8 nitrogen and oxygen atoms in total. The van der Waals surface area contributed by atoms with Crippen molar-refractivity contribution < 1.29 is 33.4 Å². The lowest BCUT2D eigenvalue weighted by Crippen LogP contribution is -2.44. The maximum Gasteiger partial charge on any atom is 0.412 e. The van der Waals surface area contributed by atoms with Crippen LogP contribution in [0.5, 0.6) is 0 Å². The number of carboxylic acids is 1. The van der Waals surface area contributed by atoms with Crippen molar-refractivity contribution in [3.8, 4) is 11.1 Å². The Hall–Kier alpha value is -4.66. The summed E-state index contributed by atoms with van der Waals surface area (Å²) in [5.74, 6) is -3.08. The number of hydrogen-bond acceptors (Lipinski definition) is 5. The Morgan fingerprint density at radius 1 is 1.00 bits per heavy atom. The number of carboxylic acid groups (broad SMARTS) is 1. The number of aliphatic carboxylic acids is 1. The van der Waals surface area contributed by atoms with Crippen LogP contribution >= 0.6 is 0 Å². The Morgan fingerprint density at radius 2 is 1.63 bits per heavy atom. The maximum absolute atomic E-state index is 14.6. The standard InChI is InChI=1S/C29H27FN2O6/c1-3-14-37-28(35)31-25-13-12-18(15-24(25)30)17(2)26(27(33)34)32-29(36)38-16-23-21-10-6-4-8-19(21)20-9-5-7-11-22(20)23/h3-13,15,17,23,26H,1,14,16H2,2H3,(H,31,35)(H,32,36)(H,33,34)/t17-,26+/m0/s1. The minimum Gasteiger partial charge on any atom is -0.480 e. The molecule has 0 unspecified atom stereocenters. The van der Waals surface area contributed by atoms with Crippen molar-refractivity contribution in [2.75, 3.05) is 18.5 Å². The van der Waals surface area contributed by atoms with Crippen LogP contribution in [0.4, 0.5) is 19.7 Å². The topological polar surface area (TPSA) is 114 Å². The first-order chi connectivity index (χ1) is 18.3. The molecule has 4 rings (SSSR count). The van der Waals surface area contributed by atoms with Crippen LogP contribution in [0, 0.1) is 5.82 Å². The lowest BCUT2D eigenvalue weighted by atomic mass is 9.93. The molecule has 0 spiro atoms. The summed E-state index contributed by atoms with van der Waals surface area (Å²) < 4.78 is 24.8. The zero-order chi connectivity index (χ0) is 27.2. The number of hydrogen-bond donors (Lipinski definition) is 3. The first-order valence-electron chi connectivity index (χ1n) is 12.0. The average molecular weight is 519 g/mol. The number of fused-ring (bicyclic) bond motifs is 3. The molecule has 0 heterocycles. The molecule has 0 fully saturated rings. The second kappa shape index (κ2) is 11.6. The molecular formula is C29H27FN2O6. The normalized spacial score (nSPS) is 13.4. The molecule has 3 aromatic rings. The van der Waals surface area contributed by atoms with Gasteiger partial charge in [-0.05, 0) is 39.9 Å². The fourth-order valence-electron chi connectivity index (χ4n) is 4.56. The number of anilines is 1. The minimum absolute atomic E-state index is 0.0253. The fourth-order valence-corrected chi connectivity index (χ4v) is 4.56. The number of amides is 2. The van der Waals surface area contributed by atoms with Crippen LogP contribution in [-0.4, -0.2) is 42.5 Å². The highest BCUT2D eigenvalue weighted by Crippen LogP contribution is 2.44. The number of carbonyl (C=O) groups is 3. The molecule has 0 bridgehead atoms. The van der Waals surface area contributed by atoms with Crippen LogP contribution in [0.3, 0.4) is 0 Å². The summed E-state index contributed by atoms with van der Waals surface area (Å²) in [6.45, 7) is 4.96. The van der Waals surface area contributed by atoms with Crippen molar-refractivity contribution in [1.82, 2.24) is 5.32 Å². The molecule has 0 radical (unpaired) electrons. The molecule has 196 valence electrons. The van der Waals surface area contributed by atoms with E-state index in [9.17, 15) is 23.9 Å². The third kappa shape index (κ3) is 5.67. The van der Waals surface area contributed by atoms with Crippen LogP contribution in [-0.2, 0) is 14.3 Å². The molecular weight excluding hydrogens is 491 g/mol. The first kappa shape index (κ1) is 26.4. The number of rotatable bonds is 9. The van der Waals surface area contributed by atoms with Crippen LogP contribution in [0.2, 0.25) is 0 Å². The van der Waals surface area contributed by atoms with Gasteiger partial charge in [0.15, 0.2) is 0 Å². The van der Waals surface area contributed by atoms with E-state index in [2.05, 4.69) is 17.2 Å². The largest absolute Gasteiger partial charge is 0.480 e. The lowest BCUT2D eigenvalue weighted by Gasteiger charge is -2.23. The number of alkyl carbamates (subject to hydrolysis) is 1. The maximum atomic E-state index is 14.6. The van der Waals surface area contributed by atoms with Crippen molar-refractivity contribution in [3.05, 3.63) is 102 Å². The third-order valence-electron chi connectivity index (χ3n) is 6.47. The van der Waals surface area contributed by atoms with E-state index in [-0.39, 0.29) is 24.8 Å². The minimum atomic E-state index is -1.39. The Labute approximate surface area is 219 Å². The molecule has 2 atom stereocenters. The lowest BCUT2D eigenvalue weighted by molar-refractivity contribution is -0.139. The molecule has 38 heavy (non-hydrogen) atoms. The highest BCUT2D eigenvalue weighted by atomic mass is 19.1. The number of halogens is 1. The highest BCUT2D eigenvalue weighted by molar-refractivity contribution is 5.85. The summed E-state index contributed by atoms with van der Waals surface area (Å²) in [7, 11) is 0. The van der Waals surface area contributed by atoms with E-state index < -0.39 is 35.9 Å². The van der Waals surface area contributed by atoms with E-state index in [1.54, 1.807) is 6.92 Å². The van der Waals surface area contributed by atoms with Gasteiger partial charge in [0, 0.05) is 11.8 Å². The van der Waals surface area contributed by atoms with E-state index in [0.29, 0.717) is 5.56 Å². The summed E-state index contributed by atoms with van der Waals surface area (Å²) in [5.41, 5.74) is 4.38. The van der Waals surface area contributed by atoms with E-state index in [1.807, 2.05) is 48.5 Å². The van der Waals surface area contributed by atoms with Gasteiger partial charge < -0.3 is 19.9 Å². The van der Waals surface area contributed by atoms with Crippen LogP contribution in [0.15, 0.2) is 79.4 Å². The molecule has 0 aliphatic heterocycles. The molecule has 3 N–H and O–H groups in total. The van der Waals surface area contributed by atoms with Gasteiger partial charge in [0.1, 0.15) is 25.1 Å². The Morgan fingerprint density at radius 3 is 2.21 bits per heavy atom. The molecule has 1 aliphatic rings. The van der Waals surface area contributed by atoms with Gasteiger partial charge in [-0.15, -0.1) is 0 Å². The molecule has 3 aromatic carbocycles. The summed E-state index contributed by atoms with van der Waals surface area (Å²) in [5, 5.41) is 14.4. The van der Waals surface area contributed by atoms with E-state index in [4.69, 9.17) is 9.47 Å². The van der Waals surface area contributed by atoms with Gasteiger partial charge in [-0.25, -0.2) is 18.8 Å². The van der Waals surface area contributed by atoms with Crippen molar-refractivity contribution in [1.29, 1.82) is 0 Å². The molecule has 0 aromatic heterocycles. The van der Waals surface area contributed by atoms with E-state index >= 15 is 0 Å². The predicted octanol–water partition coefficient (Wildman–Crippen LogP) is 5.66. The van der Waals surface area contributed by atoms with E-state index in [1.165, 1.54) is 18.2 Å². The van der Waals surface area contributed by atoms with Crippen molar-refractivity contribution in [2.45, 2.75) is 24.8 Å². The molecule has 2 amide bonds. The smallest absolute Gasteiger partial charge is 0.412 e. The van der Waals surface area contributed by atoms with Crippen LogP contribution in [0.25, 0.3) is 11.1 Å². The number of nitrogens with one attached hydrogen (secondary N) is 2. The number of carbonyl (C=O) groups excluding carboxylic acids is 2. The Bertz CT molecular complexity index is 1330. The highest BCUT2D eigenvalue weighted by Gasteiger charge is 2.32. The van der Waals surface area contributed by atoms with Crippen LogP contribution < -0.4 is 10.6 Å². The van der Waals surface area contributed by atoms with Gasteiger partial charge in [0.05, 0.1) is 5.69 Å². The third-order valence-corrected chi connectivity index (χ3v) is 6.47. The second-order valence-corrected chi connectivity index (χ2v) is 8.83. The van der Waals surface area contributed by atoms with Crippen molar-refractivity contribution >= 4 is 23.8 Å². The second-order valence-electron chi connectivity index (χ2n) is 8.83. The summed E-state index contributed by atoms with van der Waals surface area (Å²) in [6, 6.07) is 18.2. The van der Waals surface area contributed by atoms with Crippen LogP contribution in [0.1, 0.15) is 35.4 Å². The van der Waals surface area contributed by atoms with Gasteiger partial charge in [0.2, 0.25) is 0 Å². The molecule has 0 saturated carbocycles. The monoisotopic (exact) mass is 518 g/mol. The zero-order valence-electron chi connectivity index (χ0n) is 20.6. The number of benzene rings is 3. The van der Waals surface area contributed by atoms with Crippen molar-refractivity contribution in [2.24, 2.45) is 0 Å². The van der Waals surface area contributed by atoms with E-state index in [0.717, 1.165) is 28.3 Å². The first-order valence-corrected chi connectivity index (χ1v) is 12.0. The average Bonchev–Trinajstić information content (AvgIpc) is 3.23. The predicted molar refractivity (Wildman–Crippen MR) is 140 cm³/mol. The summed E-state index contributed by atoms with van der Waals surface area (Å²) >= 11 is 0. The zero-order valence-corrected chi connectivity index (χ0v) is 20.6. The van der Waals surface area contributed by atoms with Gasteiger partial charge >= 0.3 is 18.2 Å². The molecule has 9 heteroatoms. The SMILES string of the molecule is C=CCOC(=O)Nc1ccc([C@H](C)[C@@H](NC(=O)OCC2c3ccccc3-c3ccccc32)C(=O)O)cc1F. The Balaban J connectivity index is 1.42. The fraction of sp³-hybridized carbons (Fsp3) is 0.207. The van der Waals surface area contributed by atoms with Gasteiger partial charge in [-0.2, -0.15) is 0 Å². The number of ether oxygens (including phenoxy) is 2. The summed E-state index contributed by atoms with van der Waals surface area (Å²) in [4.78, 5) is 36.3. The van der Waals surface area contributed by atoms with Gasteiger partial charge in [0.25, 0.3) is 0 Å². The molecule has 0 saturated heterocycles. The quantitative estimate of drug-likeness (QED) is 0.315. The molecule has 1 aliphatic carbocycles. The summed E-state index contributed by atoms with van der Waals surface area (Å²) in [6.07, 6.45) is -0.379. The van der Waals surface area contributed by atoms with Gasteiger partial charge in [-0.3, -0.25) is 5.32 Å². The van der Waals surface area contributed by atoms with Crippen molar-refractivity contribution in [3.63, 3.8) is 0 Å². The van der Waals surface area contributed by atoms with Gasteiger partial charge in [-0.1, -0.05) is 74.2 Å². The Kier molecular flexibility index (Phi) is 8.06.